The summed E-state index contributed by atoms with van der Waals surface area (Å²) in [6.07, 6.45) is 37.9. The standard InChI is InChI=1S/C43H82NO8P/c1-6-8-10-12-14-16-18-20-22-24-26-28-30-32-34-36-43(46)52-41(40-51-53(47,48)50-38-37-44(3,4)5)39-49-42(45)35-33-31-29-27-25-23-21-19-17-15-13-11-9-7-2/h12,14,19,21,41H,6-11,13,15-18,20,22-40H2,1-5H3/p+1/b14-12+,21-19+/t41-/m1/s1. The van der Waals surface area contributed by atoms with Crippen LogP contribution >= 0.6 is 7.82 Å². The van der Waals surface area contributed by atoms with Crippen molar-refractivity contribution in [2.45, 2.75) is 193 Å². The summed E-state index contributed by atoms with van der Waals surface area (Å²) in [6, 6.07) is 0. The molecule has 1 N–H and O–H groups in total. The molecule has 0 spiro atoms. The van der Waals surface area contributed by atoms with Crippen LogP contribution in [0, 0.1) is 0 Å². The Morgan fingerprint density at radius 3 is 1.45 bits per heavy atom. The minimum absolute atomic E-state index is 0.0312. The lowest BCUT2D eigenvalue weighted by Gasteiger charge is -2.24. The van der Waals surface area contributed by atoms with Crippen molar-refractivity contribution >= 4 is 19.8 Å². The number of likely N-dealkylation sites (N-methyl/N-ethyl adjacent to an activating group) is 1. The second-order valence-electron chi connectivity index (χ2n) is 15.7. The lowest BCUT2D eigenvalue weighted by molar-refractivity contribution is -0.870. The van der Waals surface area contributed by atoms with Crippen molar-refractivity contribution in [2.24, 2.45) is 0 Å². The second kappa shape index (κ2) is 36.1. The summed E-state index contributed by atoms with van der Waals surface area (Å²) >= 11 is 0. The quantitative estimate of drug-likeness (QED) is 0.0216. The van der Waals surface area contributed by atoms with Crippen LogP contribution in [0.3, 0.4) is 0 Å². The molecule has 0 fully saturated rings. The van der Waals surface area contributed by atoms with Gasteiger partial charge in [0.15, 0.2) is 6.10 Å². The van der Waals surface area contributed by atoms with Crippen LogP contribution in [0.4, 0.5) is 0 Å². The van der Waals surface area contributed by atoms with E-state index in [0.717, 1.165) is 57.8 Å². The van der Waals surface area contributed by atoms with Crippen molar-refractivity contribution < 1.29 is 42.1 Å². The molecule has 0 amide bonds. The fraction of sp³-hybridized carbons (Fsp3) is 0.860. The number of quaternary nitrogens is 1. The van der Waals surface area contributed by atoms with E-state index in [1.807, 2.05) is 21.1 Å². The minimum Gasteiger partial charge on any atom is -0.462 e. The molecule has 9 nitrogen and oxygen atoms in total. The number of unbranched alkanes of at least 4 members (excludes halogenated alkanes) is 21. The van der Waals surface area contributed by atoms with Crippen molar-refractivity contribution in [3.8, 4) is 0 Å². The van der Waals surface area contributed by atoms with E-state index in [2.05, 4.69) is 38.2 Å². The van der Waals surface area contributed by atoms with Gasteiger partial charge in [0.05, 0.1) is 27.7 Å². The Bertz CT molecular complexity index is 964. The number of rotatable bonds is 39. The van der Waals surface area contributed by atoms with Gasteiger partial charge in [-0.25, -0.2) is 4.57 Å². The number of carbonyl (C=O) groups is 2. The first kappa shape index (κ1) is 51.5. The number of allylic oxidation sites excluding steroid dienone is 4. The molecule has 0 aromatic carbocycles. The summed E-state index contributed by atoms with van der Waals surface area (Å²) < 4.78 is 34.3. The number of ether oxygens (including phenoxy) is 2. The molecule has 0 heterocycles. The topological polar surface area (TPSA) is 108 Å². The maximum atomic E-state index is 12.7. The van der Waals surface area contributed by atoms with Gasteiger partial charge < -0.3 is 18.9 Å². The molecule has 0 saturated carbocycles. The molecule has 53 heavy (non-hydrogen) atoms. The van der Waals surface area contributed by atoms with Crippen LogP contribution in [-0.2, 0) is 32.7 Å². The number of hydrogen-bond donors (Lipinski definition) is 1. The Morgan fingerprint density at radius 1 is 0.566 bits per heavy atom. The van der Waals surface area contributed by atoms with Gasteiger partial charge in [-0.1, -0.05) is 141 Å². The molecule has 0 bridgehead atoms. The molecule has 0 aliphatic carbocycles. The number of hydrogen-bond acceptors (Lipinski definition) is 7. The maximum absolute atomic E-state index is 12.7. The Kier molecular flexibility index (Phi) is 35.1. The third kappa shape index (κ3) is 40.0. The molecule has 0 radical (unpaired) electrons. The van der Waals surface area contributed by atoms with Crippen LogP contribution < -0.4 is 0 Å². The Hall–Kier alpha value is -1.51. The van der Waals surface area contributed by atoms with Crippen LogP contribution in [0.25, 0.3) is 0 Å². The van der Waals surface area contributed by atoms with E-state index >= 15 is 0 Å². The first-order chi connectivity index (χ1) is 25.5. The van der Waals surface area contributed by atoms with Crippen molar-refractivity contribution in [3.63, 3.8) is 0 Å². The van der Waals surface area contributed by atoms with E-state index in [4.69, 9.17) is 18.5 Å². The normalized spacial score (nSPS) is 13.8. The third-order valence-electron chi connectivity index (χ3n) is 9.20. The zero-order valence-corrected chi connectivity index (χ0v) is 35.9. The molecule has 0 aromatic rings. The van der Waals surface area contributed by atoms with Gasteiger partial charge in [0, 0.05) is 12.8 Å². The maximum Gasteiger partial charge on any atom is 0.472 e. The molecule has 0 aliphatic heterocycles. The molecule has 0 saturated heterocycles. The second-order valence-corrected chi connectivity index (χ2v) is 17.2. The van der Waals surface area contributed by atoms with Crippen LogP contribution in [0.5, 0.6) is 0 Å². The van der Waals surface area contributed by atoms with Crippen LogP contribution in [0.15, 0.2) is 24.3 Å². The van der Waals surface area contributed by atoms with Crippen LogP contribution in [-0.4, -0.2) is 74.9 Å². The average molecular weight is 773 g/mol. The van der Waals surface area contributed by atoms with Gasteiger partial charge in [-0.2, -0.15) is 0 Å². The van der Waals surface area contributed by atoms with Crippen LogP contribution in [0.2, 0.25) is 0 Å². The van der Waals surface area contributed by atoms with Crippen molar-refractivity contribution in [1.82, 2.24) is 0 Å². The monoisotopic (exact) mass is 773 g/mol. The van der Waals surface area contributed by atoms with Gasteiger partial charge in [-0.05, 0) is 57.8 Å². The largest absolute Gasteiger partial charge is 0.472 e. The average Bonchev–Trinajstić information content (AvgIpc) is 3.10. The van der Waals surface area contributed by atoms with E-state index in [1.165, 1.54) is 96.3 Å². The fourth-order valence-corrected chi connectivity index (χ4v) is 6.50. The van der Waals surface area contributed by atoms with Gasteiger partial charge in [0.2, 0.25) is 0 Å². The summed E-state index contributed by atoms with van der Waals surface area (Å²) in [5, 5.41) is 0. The molecule has 0 aromatic heterocycles. The highest BCUT2D eigenvalue weighted by atomic mass is 31.2. The van der Waals surface area contributed by atoms with E-state index in [1.54, 1.807) is 0 Å². The minimum atomic E-state index is -4.37. The highest BCUT2D eigenvalue weighted by molar-refractivity contribution is 7.47. The van der Waals surface area contributed by atoms with Gasteiger partial charge in [0.1, 0.15) is 19.8 Å². The molecule has 10 heteroatoms. The van der Waals surface area contributed by atoms with Crippen molar-refractivity contribution in [1.29, 1.82) is 0 Å². The van der Waals surface area contributed by atoms with E-state index < -0.39 is 26.5 Å². The van der Waals surface area contributed by atoms with Gasteiger partial charge in [-0.15, -0.1) is 0 Å². The van der Waals surface area contributed by atoms with Gasteiger partial charge in [-0.3, -0.25) is 18.6 Å². The van der Waals surface area contributed by atoms with Crippen molar-refractivity contribution in [2.75, 3.05) is 47.5 Å². The van der Waals surface area contributed by atoms with Gasteiger partial charge in [0.25, 0.3) is 0 Å². The fourth-order valence-electron chi connectivity index (χ4n) is 5.75. The molecule has 0 aliphatic rings. The Balaban J connectivity index is 4.38. The summed E-state index contributed by atoms with van der Waals surface area (Å²) in [7, 11) is 1.47. The lowest BCUT2D eigenvalue weighted by atomic mass is 10.1. The SMILES string of the molecule is CCCC/C=C/CCCCCCCCCCCC(=O)O[C@H](COC(=O)CCCCCCC/C=C/CCCCCCC)COP(=O)(O)OCC[N+](C)(C)C. The molecule has 2 atom stereocenters. The summed E-state index contributed by atoms with van der Waals surface area (Å²) in [5.74, 6) is -0.808. The predicted octanol–water partition coefficient (Wildman–Crippen LogP) is 12.0. The zero-order chi connectivity index (χ0) is 39.3. The first-order valence-corrected chi connectivity index (χ1v) is 23.1. The predicted molar refractivity (Wildman–Crippen MR) is 220 cm³/mol. The molecule has 312 valence electrons. The molecule has 0 rings (SSSR count). The zero-order valence-electron chi connectivity index (χ0n) is 35.0. The van der Waals surface area contributed by atoms with Crippen molar-refractivity contribution in [3.05, 3.63) is 24.3 Å². The smallest absolute Gasteiger partial charge is 0.462 e. The van der Waals surface area contributed by atoms with Gasteiger partial charge >= 0.3 is 19.8 Å². The highest BCUT2D eigenvalue weighted by Crippen LogP contribution is 2.43. The number of carbonyl (C=O) groups excluding carboxylic acids is 2. The summed E-state index contributed by atoms with van der Waals surface area (Å²) in [6.45, 7) is 4.38. The lowest BCUT2D eigenvalue weighted by Crippen LogP contribution is -2.37. The molecular formula is C43H83NO8P+. The molecular weight excluding hydrogens is 689 g/mol. The summed E-state index contributed by atoms with van der Waals surface area (Å²) in [4.78, 5) is 35.3. The first-order valence-electron chi connectivity index (χ1n) is 21.6. The number of nitrogens with zero attached hydrogens (tertiary/aromatic N) is 1. The van der Waals surface area contributed by atoms with E-state index in [9.17, 15) is 19.0 Å². The van der Waals surface area contributed by atoms with Crippen LogP contribution in [0.1, 0.15) is 187 Å². The summed E-state index contributed by atoms with van der Waals surface area (Å²) in [5.41, 5.74) is 0. The van der Waals surface area contributed by atoms with E-state index in [-0.39, 0.29) is 32.0 Å². The number of phosphoric ester groups is 1. The number of esters is 2. The highest BCUT2D eigenvalue weighted by Gasteiger charge is 2.27. The molecule has 1 unspecified atom stereocenters. The third-order valence-corrected chi connectivity index (χ3v) is 10.2. The van der Waals surface area contributed by atoms with E-state index in [0.29, 0.717) is 17.4 Å². The Morgan fingerprint density at radius 2 is 0.981 bits per heavy atom. The Labute approximate surface area is 326 Å². The number of phosphoric acid groups is 1.